The van der Waals surface area contributed by atoms with Gasteiger partial charge in [0.25, 0.3) is 0 Å². The highest BCUT2D eigenvalue weighted by molar-refractivity contribution is 5.94. The zero-order valence-corrected chi connectivity index (χ0v) is 14.8. The van der Waals surface area contributed by atoms with E-state index in [1.54, 1.807) is 50.1 Å². The maximum Gasteiger partial charge on any atom is 0.387 e. The van der Waals surface area contributed by atoms with Crippen LogP contribution in [0.4, 0.5) is 18.9 Å². The van der Waals surface area contributed by atoms with Crippen LogP contribution in [0.5, 0.6) is 5.75 Å². The van der Waals surface area contributed by atoms with Crippen molar-refractivity contribution >= 4 is 11.6 Å². The molecule has 1 N–H and O–H groups in total. The Kier molecular flexibility index (Phi) is 6.63. The number of hydrogen-bond acceptors (Lipinski definition) is 3. The van der Waals surface area contributed by atoms with Crippen molar-refractivity contribution in [3.8, 4) is 5.75 Å². The zero-order valence-electron chi connectivity index (χ0n) is 14.8. The Labute approximate surface area is 150 Å². The topological polar surface area (TPSA) is 41.6 Å². The highest BCUT2D eigenvalue weighted by atomic mass is 19.3. The number of nitrogens with zero attached hydrogens (tertiary/aromatic N) is 1. The lowest BCUT2D eigenvalue weighted by Crippen LogP contribution is -2.39. The molecule has 0 saturated heterocycles. The van der Waals surface area contributed by atoms with Crippen molar-refractivity contribution in [2.24, 2.45) is 0 Å². The van der Waals surface area contributed by atoms with Crippen LogP contribution in [0.3, 0.4) is 0 Å². The lowest BCUT2D eigenvalue weighted by molar-refractivity contribution is -0.120. The third-order valence-electron chi connectivity index (χ3n) is 4.06. The fraction of sp³-hybridized carbons (Fsp3) is 0.316. The van der Waals surface area contributed by atoms with Crippen LogP contribution in [-0.4, -0.2) is 30.5 Å². The minimum absolute atomic E-state index is 0.0820. The minimum Gasteiger partial charge on any atom is -0.435 e. The molecule has 0 aromatic heterocycles. The van der Waals surface area contributed by atoms with Gasteiger partial charge in [0.2, 0.25) is 5.91 Å². The van der Waals surface area contributed by atoms with Crippen molar-refractivity contribution in [3.63, 3.8) is 0 Å². The minimum atomic E-state index is -2.86. The molecule has 7 heteroatoms. The average Bonchev–Trinajstić information content (AvgIpc) is 2.58. The lowest BCUT2D eigenvalue weighted by Gasteiger charge is -2.24. The molecule has 26 heavy (non-hydrogen) atoms. The summed E-state index contributed by atoms with van der Waals surface area (Å²) < 4.78 is 42.2. The van der Waals surface area contributed by atoms with Crippen molar-refractivity contribution in [2.45, 2.75) is 33.0 Å². The van der Waals surface area contributed by atoms with Crippen LogP contribution in [0.25, 0.3) is 0 Å². The number of benzene rings is 2. The molecular weight excluding hydrogens is 345 g/mol. The Balaban J connectivity index is 1.94. The van der Waals surface area contributed by atoms with E-state index in [4.69, 9.17) is 0 Å². The van der Waals surface area contributed by atoms with Crippen LogP contribution in [0.15, 0.2) is 42.5 Å². The molecule has 2 rings (SSSR count). The van der Waals surface area contributed by atoms with Gasteiger partial charge in [-0.2, -0.15) is 8.78 Å². The predicted molar refractivity (Wildman–Crippen MR) is 93.8 cm³/mol. The van der Waals surface area contributed by atoms with Gasteiger partial charge in [0.15, 0.2) is 0 Å². The number of amides is 1. The molecule has 1 atom stereocenters. The van der Waals surface area contributed by atoms with Gasteiger partial charge in [-0.25, -0.2) is 4.39 Å². The third-order valence-corrected chi connectivity index (χ3v) is 4.06. The van der Waals surface area contributed by atoms with Gasteiger partial charge < -0.3 is 10.1 Å². The van der Waals surface area contributed by atoms with Gasteiger partial charge in [-0.3, -0.25) is 9.69 Å². The van der Waals surface area contributed by atoms with Crippen molar-refractivity contribution in [1.82, 2.24) is 4.90 Å². The third kappa shape index (κ3) is 5.49. The number of carbonyl (C=O) groups is 1. The molecule has 0 heterocycles. The SMILES string of the molecule is Cc1ccc(NC(=O)C(C)N(C)Cc2ccc(OC(F)F)cc2)cc1F. The summed E-state index contributed by atoms with van der Waals surface area (Å²) in [6.07, 6.45) is 0. The molecule has 0 bridgehead atoms. The molecule has 0 aliphatic heterocycles. The largest absolute Gasteiger partial charge is 0.435 e. The van der Waals surface area contributed by atoms with Crippen molar-refractivity contribution in [2.75, 3.05) is 12.4 Å². The molecule has 2 aromatic rings. The van der Waals surface area contributed by atoms with Crippen LogP contribution in [0, 0.1) is 12.7 Å². The predicted octanol–water partition coefficient (Wildman–Crippen LogP) is 4.19. The highest BCUT2D eigenvalue weighted by Gasteiger charge is 2.18. The smallest absolute Gasteiger partial charge is 0.387 e. The number of nitrogens with one attached hydrogen (secondary N) is 1. The molecular formula is C19H21F3N2O2. The van der Waals surface area contributed by atoms with E-state index in [0.29, 0.717) is 17.8 Å². The van der Waals surface area contributed by atoms with E-state index < -0.39 is 12.7 Å². The number of halogens is 3. The number of anilines is 1. The Morgan fingerprint density at radius 3 is 2.42 bits per heavy atom. The maximum absolute atomic E-state index is 13.6. The number of carbonyl (C=O) groups excluding carboxylic acids is 1. The van der Waals surface area contributed by atoms with E-state index >= 15 is 0 Å². The van der Waals surface area contributed by atoms with E-state index in [1.807, 2.05) is 0 Å². The number of likely N-dealkylation sites (N-methyl/N-ethyl adjacent to an activating group) is 1. The van der Waals surface area contributed by atoms with Gasteiger partial charge >= 0.3 is 6.61 Å². The van der Waals surface area contributed by atoms with Gasteiger partial charge in [0.1, 0.15) is 11.6 Å². The van der Waals surface area contributed by atoms with Crippen LogP contribution >= 0.6 is 0 Å². The van der Waals surface area contributed by atoms with Crippen LogP contribution in [-0.2, 0) is 11.3 Å². The highest BCUT2D eigenvalue weighted by Crippen LogP contribution is 2.17. The van der Waals surface area contributed by atoms with Gasteiger partial charge in [0, 0.05) is 12.2 Å². The lowest BCUT2D eigenvalue weighted by atomic mass is 10.1. The van der Waals surface area contributed by atoms with E-state index in [2.05, 4.69) is 10.1 Å². The van der Waals surface area contributed by atoms with Gasteiger partial charge in [-0.15, -0.1) is 0 Å². The summed E-state index contributed by atoms with van der Waals surface area (Å²) in [6.45, 7) is 0.952. The van der Waals surface area contributed by atoms with Gasteiger partial charge in [0.05, 0.1) is 6.04 Å². The molecule has 140 valence electrons. The molecule has 0 radical (unpaired) electrons. The molecule has 0 fully saturated rings. The summed E-state index contributed by atoms with van der Waals surface area (Å²) in [4.78, 5) is 14.1. The summed E-state index contributed by atoms with van der Waals surface area (Å²) >= 11 is 0. The van der Waals surface area contributed by atoms with E-state index in [0.717, 1.165) is 5.56 Å². The van der Waals surface area contributed by atoms with Gasteiger partial charge in [-0.05, 0) is 56.3 Å². The molecule has 4 nitrogen and oxygen atoms in total. The van der Waals surface area contributed by atoms with Crippen LogP contribution in [0.2, 0.25) is 0 Å². The second-order valence-corrected chi connectivity index (χ2v) is 6.07. The van der Waals surface area contributed by atoms with E-state index in [-0.39, 0.29) is 17.5 Å². The quantitative estimate of drug-likeness (QED) is 0.799. The molecule has 1 amide bonds. The summed E-state index contributed by atoms with van der Waals surface area (Å²) in [5.41, 5.74) is 1.74. The number of rotatable bonds is 7. The van der Waals surface area contributed by atoms with Crippen LogP contribution in [0.1, 0.15) is 18.1 Å². The first-order chi connectivity index (χ1) is 12.3. The average molecular weight is 366 g/mol. The van der Waals surface area contributed by atoms with Crippen molar-refractivity contribution in [3.05, 3.63) is 59.4 Å². The first kappa shape index (κ1) is 19.8. The van der Waals surface area contributed by atoms with E-state index in [1.165, 1.54) is 18.2 Å². The zero-order chi connectivity index (χ0) is 19.3. The monoisotopic (exact) mass is 366 g/mol. The second kappa shape index (κ2) is 8.71. The first-order valence-corrected chi connectivity index (χ1v) is 8.07. The summed E-state index contributed by atoms with van der Waals surface area (Å²) in [5.74, 6) is -0.568. The van der Waals surface area contributed by atoms with Crippen molar-refractivity contribution < 1.29 is 22.7 Å². The fourth-order valence-electron chi connectivity index (χ4n) is 2.32. The molecule has 0 aliphatic carbocycles. The molecule has 1 unspecified atom stereocenters. The number of aryl methyl sites for hydroxylation is 1. The molecule has 2 aromatic carbocycles. The Bertz CT molecular complexity index is 751. The summed E-state index contributed by atoms with van der Waals surface area (Å²) in [6, 6.07) is 10.3. The number of alkyl halides is 2. The molecule has 0 spiro atoms. The van der Waals surface area contributed by atoms with Crippen LogP contribution < -0.4 is 10.1 Å². The van der Waals surface area contributed by atoms with Crippen molar-refractivity contribution in [1.29, 1.82) is 0 Å². The first-order valence-electron chi connectivity index (χ1n) is 8.07. The summed E-state index contributed by atoms with van der Waals surface area (Å²) in [7, 11) is 1.77. The Hall–Kier alpha value is -2.54. The van der Waals surface area contributed by atoms with E-state index in [9.17, 15) is 18.0 Å². The standard InChI is InChI=1S/C19H21F3N2O2/c1-12-4-7-15(10-17(12)20)23-18(25)13(2)24(3)11-14-5-8-16(9-6-14)26-19(21)22/h4-10,13,19H,11H2,1-3H3,(H,23,25). The van der Waals surface area contributed by atoms with Gasteiger partial charge in [-0.1, -0.05) is 18.2 Å². The Morgan fingerprint density at radius 2 is 1.85 bits per heavy atom. The fourth-order valence-corrected chi connectivity index (χ4v) is 2.32. The second-order valence-electron chi connectivity index (χ2n) is 6.07. The maximum atomic E-state index is 13.6. The number of ether oxygens (including phenoxy) is 1. The Morgan fingerprint density at radius 1 is 1.19 bits per heavy atom. The summed E-state index contributed by atoms with van der Waals surface area (Å²) in [5, 5.41) is 2.68. The number of hydrogen-bond donors (Lipinski definition) is 1. The normalized spacial score (nSPS) is 12.3. The molecule has 0 saturated carbocycles. The molecule has 0 aliphatic rings.